The van der Waals surface area contributed by atoms with Crippen molar-refractivity contribution in [3.63, 3.8) is 0 Å². The molecule has 0 saturated carbocycles. The largest absolute Gasteiger partial charge is 0.352 e. The topological polar surface area (TPSA) is 88.2 Å². The number of amides is 1. The third kappa shape index (κ3) is 5.38. The van der Waals surface area contributed by atoms with Crippen LogP contribution in [0.3, 0.4) is 0 Å². The van der Waals surface area contributed by atoms with Crippen molar-refractivity contribution in [1.29, 1.82) is 0 Å². The molecule has 0 unspecified atom stereocenters. The summed E-state index contributed by atoms with van der Waals surface area (Å²) in [6.07, 6.45) is 1.31. The van der Waals surface area contributed by atoms with Gasteiger partial charge in [-0.25, -0.2) is 13.4 Å². The molecule has 0 atom stereocenters. The first-order valence-electron chi connectivity index (χ1n) is 7.71. The van der Waals surface area contributed by atoms with Gasteiger partial charge in [0.05, 0.1) is 23.2 Å². The Bertz CT molecular complexity index is 995. The summed E-state index contributed by atoms with van der Waals surface area (Å²) in [6, 6.07) is 10.9. The van der Waals surface area contributed by atoms with Crippen molar-refractivity contribution in [1.82, 2.24) is 10.3 Å². The number of rotatable bonds is 7. The number of carbonyl (C=O) groups excluding carboxylic acids is 1. The minimum atomic E-state index is -3.33. The zero-order chi connectivity index (χ0) is 18.6. The Balaban J connectivity index is 1.55. The van der Waals surface area contributed by atoms with E-state index in [4.69, 9.17) is 0 Å². The Morgan fingerprint density at radius 1 is 1.19 bits per heavy atom. The van der Waals surface area contributed by atoms with Crippen LogP contribution in [-0.4, -0.2) is 25.6 Å². The monoisotopic (exact) mass is 407 g/mol. The van der Waals surface area contributed by atoms with Crippen LogP contribution in [-0.2, 0) is 27.8 Å². The SMILES string of the molecule is CS(=O)(=O)Nc1cccc(CNC(=O)Cc2csc(-c3cccs3)n2)c1. The van der Waals surface area contributed by atoms with Crippen LogP contribution >= 0.6 is 22.7 Å². The maximum absolute atomic E-state index is 12.1. The summed E-state index contributed by atoms with van der Waals surface area (Å²) in [5.74, 6) is -0.130. The maximum Gasteiger partial charge on any atom is 0.229 e. The fourth-order valence-corrected chi connectivity index (χ4v) is 4.48. The second-order valence-electron chi connectivity index (χ2n) is 5.65. The minimum absolute atomic E-state index is 0.130. The van der Waals surface area contributed by atoms with Gasteiger partial charge in [-0.2, -0.15) is 0 Å². The number of hydrogen-bond donors (Lipinski definition) is 2. The molecular formula is C17H17N3O3S3. The highest BCUT2D eigenvalue weighted by Crippen LogP contribution is 2.27. The van der Waals surface area contributed by atoms with Gasteiger partial charge in [-0.1, -0.05) is 18.2 Å². The molecule has 1 amide bonds. The fraction of sp³-hybridized carbons (Fsp3) is 0.176. The van der Waals surface area contributed by atoms with Crippen molar-refractivity contribution in [2.24, 2.45) is 0 Å². The molecule has 3 rings (SSSR count). The molecule has 0 bridgehead atoms. The molecule has 0 spiro atoms. The van der Waals surface area contributed by atoms with Crippen molar-refractivity contribution in [2.75, 3.05) is 11.0 Å². The van der Waals surface area contributed by atoms with Crippen LogP contribution in [0.5, 0.6) is 0 Å². The molecule has 0 saturated heterocycles. The quantitative estimate of drug-likeness (QED) is 0.630. The number of anilines is 1. The molecule has 0 fully saturated rings. The van der Waals surface area contributed by atoms with Gasteiger partial charge in [0.15, 0.2) is 0 Å². The second-order valence-corrected chi connectivity index (χ2v) is 9.20. The molecule has 2 N–H and O–H groups in total. The average Bonchev–Trinajstić information content (AvgIpc) is 3.23. The summed E-state index contributed by atoms with van der Waals surface area (Å²) in [4.78, 5) is 17.7. The standard InChI is InChI=1S/C17H17N3O3S3/c1-26(22,23)20-13-5-2-4-12(8-13)10-18-16(21)9-14-11-25-17(19-14)15-6-3-7-24-15/h2-8,11,20H,9-10H2,1H3,(H,18,21). The lowest BCUT2D eigenvalue weighted by molar-refractivity contribution is -0.120. The highest BCUT2D eigenvalue weighted by Gasteiger charge is 2.10. The van der Waals surface area contributed by atoms with Crippen molar-refractivity contribution in [3.05, 3.63) is 58.4 Å². The van der Waals surface area contributed by atoms with Gasteiger partial charge in [-0.3, -0.25) is 9.52 Å². The second kappa shape index (κ2) is 7.98. The Morgan fingerprint density at radius 3 is 2.77 bits per heavy atom. The molecule has 2 aromatic heterocycles. The Morgan fingerprint density at radius 2 is 2.04 bits per heavy atom. The van der Waals surface area contributed by atoms with E-state index in [1.807, 2.05) is 29.0 Å². The Kier molecular flexibility index (Phi) is 5.70. The molecule has 1 aromatic carbocycles. The van der Waals surface area contributed by atoms with Crippen LogP contribution < -0.4 is 10.0 Å². The zero-order valence-corrected chi connectivity index (χ0v) is 16.4. The third-order valence-corrected chi connectivity index (χ3v) is 5.88. The fourth-order valence-electron chi connectivity index (χ4n) is 2.29. The first kappa shape index (κ1) is 18.6. The van der Waals surface area contributed by atoms with E-state index in [1.165, 1.54) is 11.3 Å². The van der Waals surface area contributed by atoms with Gasteiger partial charge in [0.1, 0.15) is 5.01 Å². The molecule has 26 heavy (non-hydrogen) atoms. The van der Waals surface area contributed by atoms with Crippen molar-refractivity contribution >= 4 is 44.3 Å². The Hall–Kier alpha value is -2.23. The van der Waals surface area contributed by atoms with Crippen LogP contribution in [0.4, 0.5) is 5.69 Å². The van der Waals surface area contributed by atoms with Gasteiger partial charge in [-0.05, 0) is 29.1 Å². The molecule has 3 aromatic rings. The van der Waals surface area contributed by atoms with Gasteiger partial charge < -0.3 is 5.32 Å². The molecule has 136 valence electrons. The number of sulfonamides is 1. The van der Waals surface area contributed by atoms with E-state index in [0.717, 1.165) is 27.4 Å². The molecular weight excluding hydrogens is 390 g/mol. The van der Waals surface area contributed by atoms with Gasteiger partial charge in [0.2, 0.25) is 15.9 Å². The van der Waals surface area contributed by atoms with Crippen LogP contribution in [0, 0.1) is 0 Å². The molecule has 0 aliphatic heterocycles. The number of carbonyl (C=O) groups is 1. The summed E-state index contributed by atoms with van der Waals surface area (Å²) in [6.45, 7) is 0.319. The zero-order valence-electron chi connectivity index (χ0n) is 13.9. The average molecular weight is 408 g/mol. The van der Waals surface area contributed by atoms with E-state index in [1.54, 1.807) is 29.5 Å². The third-order valence-electron chi connectivity index (χ3n) is 3.35. The number of nitrogens with zero attached hydrogens (tertiary/aromatic N) is 1. The number of aromatic nitrogens is 1. The number of hydrogen-bond acceptors (Lipinski definition) is 6. The van der Waals surface area contributed by atoms with Crippen molar-refractivity contribution < 1.29 is 13.2 Å². The van der Waals surface area contributed by atoms with Crippen molar-refractivity contribution in [3.8, 4) is 9.88 Å². The predicted octanol–water partition coefficient (Wildman–Crippen LogP) is 3.10. The number of nitrogens with one attached hydrogen (secondary N) is 2. The molecule has 6 nitrogen and oxygen atoms in total. The van der Waals surface area contributed by atoms with Gasteiger partial charge in [0, 0.05) is 17.6 Å². The van der Waals surface area contributed by atoms with Crippen LogP contribution in [0.1, 0.15) is 11.3 Å². The van der Waals surface area contributed by atoms with Gasteiger partial charge >= 0.3 is 0 Å². The van der Waals surface area contributed by atoms with Gasteiger partial charge in [-0.15, -0.1) is 22.7 Å². The van der Waals surface area contributed by atoms with E-state index >= 15 is 0 Å². The maximum atomic E-state index is 12.1. The predicted molar refractivity (Wildman–Crippen MR) is 106 cm³/mol. The first-order valence-corrected chi connectivity index (χ1v) is 11.4. The van der Waals surface area contributed by atoms with Gasteiger partial charge in [0.25, 0.3) is 0 Å². The summed E-state index contributed by atoms with van der Waals surface area (Å²) >= 11 is 3.14. The van der Waals surface area contributed by atoms with Crippen LogP contribution in [0.2, 0.25) is 0 Å². The first-order chi connectivity index (χ1) is 12.4. The molecule has 0 aliphatic carbocycles. The molecule has 0 aliphatic rings. The molecule has 9 heteroatoms. The van der Waals surface area contributed by atoms with Crippen molar-refractivity contribution in [2.45, 2.75) is 13.0 Å². The highest BCUT2D eigenvalue weighted by molar-refractivity contribution is 7.92. The number of thiazole rings is 1. The lowest BCUT2D eigenvalue weighted by atomic mass is 10.2. The van der Waals surface area contributed by atoms with E-state index in [2.05, 4.69) is 15.0 Å². The summed E-state index contributed by atoms with van der Waals surface area (Å²) < 4.78 is 25.0. The van der Waals surface area contributed by atoms with Crippen LogP contribution in [0.25, 0.3) is 9.88 Å². The molecule has 2 heterocycles. The number of thiophene rings is 1. The number of benzene rings is 1. The Labute approximate surface area is 160 Å². The van der Waals surface area contributed by atoms with E-state index in [9.17, 15) is 13.2 Å². The normalized spacial score (nSPS) is 11.3. The van der Waals surface area contributed by atoms with E-state index in [0.29, 0.717) is 12.2 Å². The highest BCUT2D eigenvalue weighted by atomic mass is 32.2. The minimum Gasteiger partial charge on any atom is -0.352 e. The summed E-state index contributed by atoms with van der Waals surface area (Å²) in [5, 5.41) is 7.64. The van der Waals surface area contributed by atoms with E-state index in [-0.39, 0.29) is 12.3 Å². The lowest BCUT2D eigenvalue weighted by Crippen LogP contribution is -2.24. The lowest BCUT2D eigenvalue weighted by Gasteiger charge is -2.08. The molecule has 0 radical (unpaired) electrons. The van der Waals surface area contributed by atoms with E-state index < -0.39 is 10.0 Å². The van der Waals surface area contributed by atoms with Crippen LogP contribution in [0.15, 0.2) is 47.2 Å². The smallest absolute Gasteiger partial charge is 0.229 e. The summed E-state index contributed by atoms with van der Waals surface area (Å²) in [5.41, 5.74) is 2.02. The summed E-state index contributed by atoms with van der Waals surface area (Å²) in [7, 11) is -3.33.